The average molecular weight is 1110 g/mol. The van der Waals surface area contributed by atoms with Gasteiger partial charge in [-0.25, -0.2) is 0 Å². The third-order valence-electron chi connectivity index (χ3n) is 21.9. The molecule has 2 aliphatic heterocycles. The van der Waals surface area contributed by atoms with Crippen LogP contribution >= 0.6 is 11.3 Å². The lowest BCUT2D eigenvalue weighted by molar-refractivity contribution is 0.195. The lowest BCUT2D eigenvalue weighted by Gasteiger charge is -2.51. The first-order chi connectivity index (χ1) is 38.1. The van der Waals surface area contributed by atoms with Gasteiger partial charge in [-0.05, 0) is 194 Å². The summed E-state index contributed by atoms with van der Waals surface area (Å²) in [5.74, 6) is 0.452. The van der Waals surface area contributed by atoms with Crippen molar-refractivity contribution in [2.45, 2.75) is 253 Å². The zero-order valence-corrected chi connectivity index (χ0v) is 55.9. The smallest absolute Gasteiger partial charge is 0.230 e. The summed E-state index contributed by atoms with van der Waals surface area (Å²) in [5.41, 5.74) is 22.2. The van der Waals surface area contributed by atoms with Crippen LogP contribution in [0.15, 0.2) is 109 Å². The van der Waals surface area contributed by atoms with Crippen LogP contribution in [-0.2, 0) is 37.9 Å². The summed E-state index contributed by atoms with van der Waals surface area (Å²) in [6, 6.07) is 35.7. The Labute approximate surface area is 502 Å². The molecule has 82 heavy (non-hydrogen) atoms. The zero-order valence-electron chi connectivity index (χ0n) is 55.1. The molecule has 3 unspecified atom stereocenters. The fourth-order valence-corrected chi connectivity index (χ4v) is 17.0. The van der Waals surface area contributed by atoms with Gasteiger partial charge in [-0.2, -0.15) is 0 Å². The Balaban J connectivity index is 1.31. The highest BCUT2D eigenvalue weighted by molar-refractivity contribution is 7.32. The van der Waals surface area contributed by atoms with Gasteiger partial charge in [0.05, 0.1) is 16.9 Å². The van der Waals surface area contributed by atoms with Crippen LogP contribution in [0, 0.1) is 11.3 Å². The van der Waals surface area contributed by atoms with Gasteiger partial charge in [0.15, 0.2) is 0 Å². The first kappa shape index (κ1) is 58.8. The lowest BCUT2D eigenvalue weighted by atomic mass is 9.39. The third-order valence-corrected chi connectivity index (χ3v) is 23.2. The molecular weight excluding hydrogens is 1010 g/mol. The maximum absolute atomic E-state index is 2.95. The number of rotatable bonds is 8. The lowest BCUT2D eigenvalue weighted by Crippen LogP contribution is -2.57. The minimum atomic E-state index is -0.175. The van der Waals surface area contributed by atoms with Gasteiger partial charge < -0.3 is 14.7 Å². The Hall–Kier alpha value is -5.00. The fourth-order valence-electron chi connectivity index (χ4n) is 15.6. The van der Waals surface area contributed by atoms with Crippen LogP contribution in [-0.4, -0.2) is 12.3 Å². The Kier molecular flexibility index (Phi) is 14.0. The van der Waals surface area contributed by atoms with E-state index < -0.39 is 0 Å². The van der Waals surface area contributed by atoms with Gasteiger partial charge in [0.2, 0.25) is 6.71 Å². The van der Waals surface area contributed by atoms with Crippen LogP contribution in [0.3, 0.4) is 0 Å². The van der Waals surface area contributed by atoms with Gasteiger partial charge in [-0.15, -0.1) is 11.3 Å². The van der Waals surface area contributed by atoms with Crippen LogP contribution in [0.1, 0.15) is 243 Å². The quantitative estimate of drug-likeness (QED) is 0.141. The van der Waals surface area contributed by atoms with Crippen LogP contribution in [0.5, 0.6) is 0 Å². The number of allylic oxidation sites excluding steroid dienone is 3. The predicted molar refractivity (Wildman–Crippen MR) is 363 cm³/mol. The predicted octanol–water partition coefficient (Wildman–Crippen LogP) is 21.6. The Morgan fingerprint density at radius 3 is 1.80 bits per heavy atom. The third kappa shape index (κ3) is 9.40. The minimum absolute atomic E-state index is 0.0268. The van der Waals surface area contributed by atoms with E-state index in [1.807, 2.05) is 0 Å². The second-order valence-electron chi connectivity index (χ2n) is 32.8. The number of benzene rings is 5. The van der Waals surface area contributed by atoms with E-state index >= 15 is 0 Å². The van der Waals surface area contributed by atoms with E-state index in [-0.39, 0.29) is 55.6 Å². The molecule has 5 heteroatoms. The summed E-state index contributed by atoms with van der Waals surface area (Å²) in [7, 11) is 0. The van der Waals surface area contributed by atoms with Crippen molar-refractivity contribution in [2.75, 3.05) is 14.7 Å². The number of nitrogens with zero attached hydrogens (tertiary/aromatic N) is 3. The van der Waals surface area contributed by atoms with Crippen LogP contribution < -0.4 is 24.9 Å². The maximum Gasteiger partial charge on any atom is 0.230 e. The van der Waals surface area contributed by atoms with E-state index in [0.29, 0.717) is 5.92 Å². The molecule has 0 saturated heterocycles. The molecule has 1 saturated carbocycles. The summed E-state index contributed by atoms with van der Waals surface area (Å²) < 4.78 is 2.93. The van der Waals surface area contributed by atoms with Gasteiger partial charge in [-0.3, -0.25) is 0 Å². The van der Waals surface area contributed by atoms with Crippen molar-refractivity contribution in [1.29, 1.82) is 0 Å². The Morgan fingerprint density at radius 1 is 0.598 bits per heavy atom. The van der Waals surface area contributed by atoms with Crippen molar-refractivity contribution in [1.82, 2.24) is 0 Å². The fraction of sp³-hybridized carbons (Fsp3) is 0.532. The summed E-state index contributed by atoms with van der Waals surface area (Å²) >= 11 is 2.10. The molecule has 0 N–H and O–H groups in total. The molecule has 11 rings (SSSR count). The van der Waals surface area contributed by atoms with Gasteiger partial charge in [-0.1, -0.05) is 207 Å². The molecule has 0 radical (unpaired) electrons. The van der Waals surface area contributed by atoms with E-state index in [1.54, 1.807) is 5.56 Å². The average Bonchev–Trinajstić information content (AvgIpc) is 4.05. The highest BCUT2D eigenvalue weighted by Gasteiger charge is 2.59. The van der Waals surface area contributed by atoms with Crippen LogP contribution in [0.2, 0.25) is 6.32 Å². The molecule has 1 fully saturated rings. The van der Waals surface area contributed by atoms with Gasteiger partial charge in [0.1, 0.15) is 0 Å². The second kappa shape index (κ2) is 19.5. The van der Waals surface area contributed by atoms with E-state index in [1.165, 1.54) is 131 Å². The summed E-state index contributed by atoms with van der Waals surface area (Å²) in [4.78, 5) is 8.42. The second-order valence-corrected chi connectivity index (χ2v) is 33.9. The molecular formula is C77H102BN3S. The monoisotopic (exact) mass is 1110 g/mol. The molecule has 0 bridgehead atoms. The highest BCUT2D eigenvalue weighted by atomic mass is 32.1. The standard InChI is InChI=1S/C77H102BN3S/c1-23-73(15,16)58-44-54(36-37-57(58)72(12,13)14)80-63-45-55(79(52-32-27-49(28-33-52)69(3,4)5)53-34-29-50(30-35-53)70(6,7)8)46-64(81-62-38-31-51(71(9,10)11)43-61(62)76(21)39-25-26-40-77(76,81)22)66(63)78(24-2)68-67(80)56-47-59-60(48-65(56)82-68)75(19,20)42-41-74(59,17)18/h27-29,31-38,43-48,50H,23-26,30,39-42H2,1-22H3. The van der Waals surface area contributed by atoms with E-state index in [0.717, 1.165) is 25.6 Å². The molecule has 5 aliphatic rings. The molecule has 3 aliphatic carbocycles. The molecule has 6 aromatic rings. The largest absolute Gasteiger partial charge is 0.335 e. The number of hydrogen-bond donors (Lipinski definition) is 0. The van der Waals surface area contributed by atoms with Gasteiger partial charge in [0, 0.05) is 54.4 Å². The van der Waals surface area contributed by atoms with E-state index in [4.69, 9.17) is 0 Å². The molecule has 3 heterocycles. The van der Waals surface area contributed by atoms with Crippen molar-refractivity contribution in [3.05, 3.63) is 148 Å². The first-order valence-corrected chi connectivity index (χ1v) is 32.9. The topological polar surface area (TPSA) is 9.72 Å². The van der Waals surface area contributed by atoms with E-state index in [9.17, 15) is 0 Å². The van der Waals surface area contributed by atoms with Crippen LogP contribution in [0.25, 0.3) is 10.1 Å². The van der Waals surface area contributed by atoms with Gasteiger partial charge in [0.25, 0.3) is 0 Å². The molecule has 3 nitrogen and oxygen atoms in total. The highest BCUT2D eigenvalue weighted by Crippen LogP contribution is 2.63. The molecule has 5 aromatic carbocycles. The summed E-state index contributed by atoms with van der Waals surface area (Å²) in [6.07, 6.45) is 17.8. The Bertz CT molecular complexity index is 3550. The summed E-state index contributed by atoms with van der Waals surface area (Å²) in [5, 5.41) is 1.41. The molecule has 434 valence electrons. The molecule has 1 aromatic heterocycles. The maximum atomic E-state index is 2.95. The van der Waals surface area contributed by atoms with Gasteiger partial charge >= 0.3 is 0 Å². The summed E-state index contributed by atoms with van der Waals surface area (Å²) in [6.45, 7) is 54.0. The van der Waals surface area contributed by atoms with Crippen molar-refractivity contribution in [3.8, 4) is 0 Å². The number of hydrogen-bond acceptors (Lipinski definition) is 4. The van der Waals surface area contributed by atoms with Crippen molar-refractivity contribution < 1.29 is 0 Å². The number of fused-ring (bicyclic) bond motifs is 8. The van der Waals surface area contributed by atoms with Crippen molar-refractivity contribution in [2.24, 2.45) is 11.3 Å². The van der Waals surface area contributed by atoms with Crippen LogP contribution in [0.4, 0.5) is 39.8 Å². The minimum Gasteiger partial charge on any atom is -0.335 e. The zero-order chi connectivity index (χ0) is 59.4. The van der Waals surface area contributed by atoms with E-state index in [2.05, 4.69) is 282 Å². The SMILES string of the molecule is CCB1c2sc3cc4c(cc3c2N(c2ccc(C(C)(C)C)c(C(C)(C)CC)c2)c2cc(N(C3=CCC(C(C)(C)C)C=C3)c3ccc(C(C)(C)C)cc3)cc(N3c5ccc(C(C)(C)C)cc5C5(C)CCCCC35C)c21)C(C)(C)CCC4(C)C. The van der Waals surface area contributed by atoms with Crippen molar-refractivity contribution >= 4 is 78.2 Å². The number of anilines is 7. The molecule has 0 amide bonds. The van der Waals surface area contributed by atoms with Crippen molar-refractivity contribution in [3.63, 3.8) is 0 Å². The molecule has 3 atom stereocenters. The Morgan fingerprint density at radius 2 is 1.22 bits per heavy atom. The normalized spacial score (nSPS) is 22.4. The number of thiophene rings is 1. The molecule has 0 spiro atoms. The first-order valence-electron chi connectivity index (χ1n) is 32.0.